The first-order valence-electron chi connectivity index (χ1n) is 4.57. The van der Waals surface area contributed by atoms with Crippen molar-refractivity contribution in [2.75, 3.05) is 13.9 Å². The average molecular weight is 274 g/mol. The number of methoxy groups -OCH3 is 1. The summed E-state index contributed by atoms with van der Waals surface area (Å²) in [4.78, 5) is 0. The smallest absolute Gasteiger partial charge is 0.359 e. The Balaban J connectivity index is 3.37. The normalized spacial score (nSPS) is 16.3. The second-order valence-electron chi connectivity index (χ2n) is 3.31. The summed E-state index contributed by atoms with van der Waals surface area (Å²) in [6.45, 7) is -1.15. The largest absolute Gasteiger partial charge is 0.431 e. The fraction of sp³-hybridized carbons (Fsp3) is 0.500. The van der Waals surface area contributed by atoms with Crippen LogP contribution in [-0.4, -0.2) is 31.9 Å². The molecule has 0 radical (unpaired) electrons. The number of allylic oxidation sites excluding steroid dienone is 1. The van der Waals surface area contributed by atoms with E-state index in [9.17, 15) is 26.3 Å². The Morgan fingerprint density at radius 1 is 1.11 bits per heavy atom. The molecule has 2 nitrogen and oxygen atoms in total. The quantitative estimate of drug-likeness (QED) is 0.445. The summed E-state index contributed by atoms with van der Waals surface area (Å²) in [5, 5.41) is 0. The summed E-state index contributed by atoms with van der Waals surface area (Å²) in [5.41, 5.74) is -3.70. The lowest BCUT2D eigenvalue weighted by atomic mass is 9.93. The Morgan fingerprint density at radius 2 is 1.67 bits per heavy atom. The summed E-state index contributed by atoms with van der Waals surface area (Å²) >= 11 is 0. The number of hydrogen-bond donors (Lipinski definition) is 0. The van der Waals surface area contributed by atoms with Crippen molar-refractivity contribution in [3.63, 3.8) is 0 Å². The van der Waals surface area contributed by atoms with Gasteiger partial charge in [-0.05, 0) is 12.2 Å². The third-order valence-electron chi connectivity index (χ3n) is 2.17. The first kappa shape index (κ1) is 14.8. The second-order valence-corrected chi connectivity index (χ2v) is 3.31. The highest BCUT2D eigenvalue weighted by Crippen LogP contribution is 2.50. The van der Waals surface area contributed by atoms with Gasteiger partial charge in [0.05, 0.1) is 0 Å². The zero-order chi connectivity index (χ0) is 14.0. The van der Waals surface area contributed by atoms with Gasteiger partial charge in [0.25, 0.3) is 5.60 Å². The first-order chi connectivity index (χ1) is 8.17. The van der Waals surface area contributed by atoms with Crippen LogP contribution >= 0.6 is 0 Å². The molecule has 0 unspecified atom stereocenters. The van der Waals surface area contributed by atoms with Gasteiger partial charge in [-0.15, -0.1) is 5.73 Å². The van der Waals surface area contributed by atoms with E-state index in [0.29, 0.717) is 6.08 Å². The molecule has 1 aliphatic rings. The van der Waals surface area contributed by atoms with Crippen molar-refractivity contribution in [1.82, 2.24) is 0 Å². The lowest BCUT2D eigenvalue weighted by Gasteiger charge is -2.36. The number of halogens is 6. The maximum absolute atomic E-state index is 12.8. The van der Waals surface area contributed by atoms with Crippen LogP contribution in [0.1, 0.15) is 0 Å². The van der Waals surface area contributed by atoms with Crippen molar-refractivity contribution >= 4 is 0 Å². The Labute approximate surface area is 98.2 Å². The fourth-order valence-corrected chi connectivity index (χ4v) is 1.40. The Hall–Kier alpha value is -1.24. The van der Waals surface area contributed by atoms with Crippen molar-refractivity contribution in [1.29, 1.82) is 0 Å². The summed E-state index contributed by atoms with van der Waals surface area (Å²) in [5.74, 6) is 0. The van der Waals surface area contributed by atoms with Crippen molar-refractivity contribution in [3.05, 3.63) is 29.5 Å². The van der Waals surface area contributed by atoms with Crippen LogP contribution in [-0.2, 0) is 9.47 Å². The molecule has 18 heavy (non-hydrogen) atoms. The molecule has 0 aromatic heterocycles. The molecule has 1 aliphatic carbocycles. The van der Waals surface area contributed by atoms with Crippen LogP contribution in [0.15, 0.2) is 29.5 Å². The Bertz CT molecular complexity index is 384. The standard InChI is InChI=1S/C10H8F6O2/c1-17-6-18-8(9(11,12)13,10(14,15)16)7-4-2-3-5-7/h2-4H,6H2,1H3. The summed E-state index contributed by atoms with van der Waals surface area (Å²) in [6.07, 6.45) is -8.77. The van der Waals surface area contributed by atoms with Crippen LogP contribution in [0.2, 0.25) is 0 Å². The summed E-state index contributed by atoms with van der Waals surface area (Å²) < 4.78 is 85.1. The second kappa shape index (κ2) is 4.79. The number of alkyl halides is 6. The predicted molar refractivity (Wildman–Crippen MR) is 48.5 cm³/mol. The van der Waals surface area contributed by atoms with Crippen LogP contribution in [0.3, 0.4) is 0 Å². The van der Waals surface area contributed by atoms with E-state index in [1.54, 1.807) is 0 Å². The van der Waals surface area contributed by atoms with E-state index < -0.39 is 30.3 Å². The van der Waals surface area contributed by atoms with Gasteiger partial charge in [-0.3, -0.25) is 0 Å². The maximum atomic E-state index is 12.8. The minimum absolute atomic E-state index is 0.649. The van der Waals surface area contributed by atoms with Gasteiger partial charge in [-0.1, -0.05) is 6.08 Å². The molecule has 0 saturated carbocycles. The maximum Gasteiger partial charge on any atom is 0.431 e. The van der Waals surface area contributed by atoms with Crippen LogP contribution in [0.4, 0.5) is 26.3 Å². The minimum Gasteiger partial charge on any atom is -0.359 e. The van der Waals surface area contributed by atoms with Gasteiger partial charge >= 0.3 is 12.4 Å². The number of hydrogen-bond acceptors (Lipinski definition) is 2. The predicted octanol–water partition coefficient (Wildman–Crippen LogP) is 3.12. The van der Waals surface area contributed by atoms with Gasteiger partial charge in [0.15, 0.2) is 0 Å². The molecule has 0 spiro atoms. The lowest BCUT2D eigenvalue weighted by molar-refractivity contribution is -0.375. The van der Waals surface area contributed by atoms with Crippen LogP contribution < -0.4 is 0 Å². The minimum atomic E-state index is -5.69. The van der Waals surface area contributed by atoms with Crippen molar-refractivity contribution in [2.45, 2.75) is 18.0 Å². The van der Waals surface area contributed by atoms with Crippen LogP contribution in [0, 0.1) is 0 Å². The van der Waals surface area contributed by atoms with E-state index in [4.69, 9.17) is 0 Å². The molecule has 0 fully saturated rings. The molecule has 0 N–H and O–H groups in total. The molecule has 0 aromatic rings. The molecule has 1 rings (SSSR count). The van der Waals surface area contributed by atoms with Crippen molar-refractivity contribution in [3.8, 4) is 0 Å². The van der Waals surface area contributed by atoms with E-state index in [1.165, 1.54) is 0 Å². The van der Waals surface area contributed by atoms with Gasteiger partial charge in [-0.2, -0.15) is 26.3 Å². The Morgan fingerprint density at radius 3 is 2.00 bits per heavy atom. The van der Waals surface area contributed by atoms with Gasteiger partial charge < -0.3 is 9.47 Å². The van der Waals surface area contributed by atoms with Gasteiger partial charge in [0.2, 0.25) is 0 Å². The third kappa shape index (κ3) is 2.31. The molecule has 0 bridgehead atoms. The lowest BCUT2D eigenvalue weighted by Crippen LogP contribution is -2.59. The molecule has 0 atom stereocenters. The molecule has 102 valence electrons. The summed E-state index contributed by atoms with van der Waals surface area (Å²) in [7, 11) is 0.923. The van der Waals surface area contributed by atoms with Crippen LogP contribution in [0.25, 0.3) is 0 Å². The zero-order valence-electron chi connectivity index (χ0n) is 9.02. The highest BCUT2D eigenvalue weighted by Gasteiger charge is 2.74. The molecular weight excluding hydrogens is 266 g/mol. The van der Waals surface area contributed by atoms with Crippen molar-refractivity contribution in [2.24, 2.45) is 0 Å². The molecule has 8 heteroatoms. The SMILES string of the molecule is COCOC(C1=C=CC=C1)(C(F)(F)F)C(F)(F)F. The first-order valence-corrected chi connectivity index (χ1v) is 4.57. The number of ether oxygens (including phenoxy) is 2. The number of rotatable bonds is 4. The topological polar surface area (TPSA) is 18.5 Å². The fourth-order valence-electron chi connectivity index (χ4n) is 1.40. The highest BCUT2D eigenvalue weighted by atomic mass is 19.4. The zero-order valence-corrected chi connectivity index (χ0v) is 9.02. The average Bonchev–Trinajstić information content (AvgIpc) is 2.68. The molecule has 0 heterocycles. The monoisotopic (exact) mass is 274 g/mol. The molecule has 0 saturated heterocycles. The van der Waals surface area contributed by atoms with E-state index in [2.05, 4.69) is 9.47 Å². The van der Waals surface area contributed by atoms with Crippen molar-refractivity contribution < 1.29 is 35.8 Å². The molecule has 0 amide bonds. The molecule has 0 aromatic carbocycles. The van der Waals surface area contributed by atoms with E-state index >= 15 is 0 Å². The van der Waals surface area contributed by atoms with E-state index in [0.717, 1.165) is 19.3 Å². The van der Waals surface area contributed by atoms with Gasteiger partial charge in [-0.25, -0.2) is 0 Å². The third-order valence-corrected chi connectivity index (χ3v) is 2.17. The Kier molecular flexibility index (Phi) is 3.95. The van der Waals surface area contributed by atoms with E-state index in [1.807, 2.05) is 5.73 Å². The van der Waals surface area contributed by atoms with Crippen LogP contribution in [0.5, 0.6) is 0 Å². The van der Waals surface area contributed by atoms with Gasteiger partial charge in [0.1, 0.15) is 6.79 Å². The highest BCUT2D eigenvalue weighted by molar-refractivity contribution is 5.39. The molecule has 0 aliphatic heterocycles. The van der Waals surface area contributed by atoms with Gasteiger partial charge in [0, 0.05) is 12.7 Å². The van der Waals surface area contributed by atoms with E-state index in [-0.39, 0.29) is 0 Å². The molecular formula is C10H8F6O2. The summed E-state index contributed by atoms with van der Waals surface area (Å²) in [6, 6.07) is 0.